The smallest absolute Gasteiger partial charge is 0.292 e. The predicted molar refractivity (Wildman–Crippen MR) is 96.3 cm³/mol. The number of anilines is 2. The van der Waals surface area contributed by atoms with Crippen LogP contribution in [0.1, 0.15) is 30.2 Å². The van der Waals surface area contributed by atoms with Crippen molar-refractivity contribution in [2.75, 3.05) is 36.5 Å². The molecule has 7 nitrogen and oxygen atoms in total. The number of morpholine rings is 1. The van der Waals surface area contributed by atoms with Gasteiger partial charge in [0.25, 0.3) is 11.5 Å². The SMILES string of the molecule is CC(C)n1ncc(NC(=O)c2ccccc2)c(N2CCOCC2)c1=O. The molecule has 1 aromatic carbocycles. The Kier molecular flexibility index (Phi) is 5.14. The monoisotopic (exact) mass is 342 g/mol. The van der Waals surface area contributed by atoms with Gasteiger partial charge in [-0.2, -0.15) is 5.10 Å². The van der Waals surface area contributed by atoms with Gasteiger partial charge in [-0.25, -0.2) is 4.68 Å². The van der Waals surface area contributed by atoms with Crippen LogP contribution in [0.2, 0.25) is 0 Å². The Balaban J connectivity index is 1.99. The molecule has 0 spiro atoms. The van der Waals surface area contributed by atoms with E-state index in [1.54, 1.807) is 30.5 Å². The molecule has 0 unspecified atom stereocenters. The van der Waals surface area contributed by atoms with Gasteiger partial charge in [-0.15, -0.1) is 0 Å². The molecule has 25 heavy (non-hydrogen) atoms. The average molecular weight is 342 g/mol. The summed E-state index contributed by atoms with van der Waals surface area (Å²) in [5.41, 5.74) is 1.22. The van der Waals surface area contributed by atoms with E-state index in [9.17, 15) is 9.59 Å². The normalized spacial score (nSPS) is 14.6. The van der Waals surface area contributed by atoms with Gasteiger partial charge in [0.05, 0.1) is 31.1 Å². The summed E-state index contributed by atoms with van der Waals surface area (Å²) < 4.78 is 6.81. The number of hydrogen-bond acceptors (Lipinski definition) is 5. The van der Waals surface area contributed by atoms with Crippen LogP contribution in [0.25, 0.3) is 0 Å². The fourth-order valence-corrected chi connectivity index (χ4v) is 2.79. The summed E-state index contributed by atoms with van der Waals surface area (Å²) in [6.07, 6.45) is 1.55. The van der Waals surface area contributed by atoms with E-state index in [1.807, 2.05) is 24.8 Å². The van der Waals surface area contributed by atoms with Crippen LogP contribution in [0.3, 0.4) is 0 Å². The van der Waals surface area contributed by atoms with Crippen LogP contribution in [0.5, 0.6) is 0 Å². The summed E-state index contributed by atoms with van der Waals surface area (Å²) in [5.74, 6) is -0.265. The molecule has 0 radical (unpaired) electrons. The van der Waals surface area contributed by atoms with E-state index in [0.29, 0.717) is 43.2 Å². The Morgan fingerprint density at radius 1 is 1.20 bits per heavy atom. The largest absolute Gasteiger partial charge is 0.378 e. The third-order valence-corrected chi connectivity index (χ3v) is 4.08. The van der Waals surface area contributed by atoms with Gasteiger partial charge in [-0.3, -0.25) is 9.59 Å². The minimum Gasteiger partial charge on any atom is -0.378 e. The number of carbonyl (C=O) groups is 1. The van der Waals surface area contributed by atoms with Crippen LogP contribution in [-0.4, -0.2) is 42.0 Å². The molecule has 132 valence electrons. The van der Waals surface area contributed by atoms with E-state index in [0.717, 1.165) is 0 Å². The van der Waals surface area contributed by atoms with Crippen LogP contribution in [0.15, 0.2) is 41.3 Å². The maximum atomic E-state index is 12.9. The zero-order valence-corrected chi connectivity index (χ0v) is 14.4. The third kappa shape index (κ3) is 3.71. The van der Waals surface area contributed by atoms with Gasteiger partial charge in [0.1, 0.15) is 5.69 Å². The van der Waals surface area contributed by atoms with Crippen LogP contribution in [0, 0.1) is 0 Å². The van der Waals surface area contributed by atoms with Gasteiger partial charge in [0.15, 0.2) is 0 Å². The molecule has 1 aliphatic heterocycles. The molecule has 2 heterocycles. The van der Waals surface area contributed by atoms with Gasteiger partial charge < -0.3 is 15.0 Å². The Hall–Kier alpha value is -2.67. The van der Waals surface area contributed by atoms with Crippen molar-refractivity contribution in [2.24, 2.45) is 0 Å². The lowest BCUT2D eigenvalue weighted by Gasteiger charge is -2.30. The molecule has 1 aromatic heterocycles. The topological polar surface area (TPSA) is 76.5 Å². The predicted octanol–water partition coefficient (Wildman–Crippen LogP) is 1.91. The van der Waals surface area contributed by atoms with Crippen molar-refractivity contribution in [1.29, 1.82) is 0 Å². The van der Waals surface area contributed by atoms with Gasteiger partial charge in [0, 0.05) is 18.7 Å². The maximum absolute atomic E-state index is 12.9. The molecule has 1 aliphatic rings. The zero-order valence-electron chi connectivity index (χ0n) is 14.4. The highest BCUT2D eigenvalue weighted by atomic mass is 16.5. The van der Waals surface area contributed by atoms with Gasteiger partial charge in [0.2, 0.25) is 0 Å². The summed E-state index contributed by atoms with van der Waals surface area (Å²) in [4.78, 5) is 27.4. The van der Waals surface area contributed by atoms with Crippen molar-refractivity contribution in [3.05, 3.63) is 52.4 Å². The summed E-state index contributed by atoms with van der Waals surface area (Å²) in [6.45, 7) is 6.11. The first-order valence-corrected chi connectivity index (χ1v) is 8.39. The highest BCUT2D eigenvalue weighted by Crippen LogP contribution is 2.23. The number of aromatic nitrogens is 2. The van der Waals surface area contributed by atoms with Crippen molar-refractivity contribution in [1.82, 2.24) is 9.78 Å². The molecule has 1 saturated heterocycles. The summed E-state index contributed by atoms with van der Waals surface area (Å²) in [5, 5.41) is 7.05. The highest BCUT2D eigenvalue weighted by molar-refractivity contribution is 6.05. The van der Waals surface area contributed by atoms with E-state index in [-0.39, 0.29) is 17.5 Å². The van der Waals surface area contributed by atoms with Gasteiger partial charge >= 0.3 is 0 Å². The second-order valence-corrected chi connectivity index (χ2v) is 6.17. The third-order valence-electron chi connectivity index (χ3n) is 4.08. The Morgan fingerprint density at radius 2 is 1.88 bits per heavy atom. The highest BCUT2D eigenvalue weighted by Gasteiger charge is 2.22. The Bertz CT molecular complexity index is 796. The minimum atomic E-state index is -0.265. The molecule has 0 aliphatic carbocycles. The first-order valence-electron chi connectivity index (χ1n) is 8.39. The number of benzene rings is 1. The van der Waals surface area contributed by atoms with Crippen LogP contribution < -0.4 is 15.8 Å². The Labute approximate surface area is 146 Å². The summed E-state index contributed by atoms with van der Waals surface area (Å²) >= 11 is 0. The molecule has 1 N–H and O–H groups in total. The van der Waals surface area contributed by atoms with Crippen LogP contribution in [-0.2, 0) is 4.74 Å². The van der Waals surface area contributed by atoms with Gasteiger partial charge in [-0.05, 0) is 26.0 Å². The second-order valence-electron chi connectivity index (χ2n) is 6.17. The minimum absolute atomic E-state index is 0.0637. The molecular weight excluding hydrogens is 320 g/mol. The first kappa shape index (κ1) is 17.2. The fourth-order valence-electron chi connectivity index (χ4n) is 2.79. The Morgan fingerprint density at radius 3 is 2.52 bits per heavy atom. The summed E-state index contributed by atoms with van der Waals surface area (Å²) in [7, 11) is 0. The molecule has 2 aromatic rings. The maximum Gasteiger partial charge on any atom is 0.292 e. The lowest BCUT2D eigenvalue weighted by atomic mass is 10.2. The number of hydrogen-bond donors (Lipinski definition) is 1. The van der Waals surface area contributed by atoms with Crippen molar-refractivity contribution >= 4 is 17.3 Å². The molecule has 0 saturated carbocycles. The quantitative estimate of drug-likeness (QED) is 0.918. The molecular formula is C18H22N4O3. The second kappa shape index (κ2) is 7.48. The van der Waals surface area contributed by atoms with Crippen LogP contribution >= 0.6 is 0 Å². The number of carbonyl (C=O) groups excluding carboxylic acids is 1. The molecule has 0 bridgehead atoms. The number of nitrogens with one attached hydrogen (secondary N) is 1. The van der Waals surface area contributed by atoms with E-state index < -0.39 is 0 Å². The number of ether oxygens (including phenoxy) is 1. The van der Waals surface area contributed by atoms with Crippen molar-refractivity contribution in [2.45, 2.75) is 19.9 Å². The van der Waals surface area contributed by atoms with Crippen molar-refractivity contribution < 1.29 is 9.53 Å². The lowest BCUT2D eigenvalue weighted by molar-refractivity contribution is 0.102. The molecule has 0 atom stereocenters. The van der Waals surface area contributed by atoms with Crippen molar-refractivity contribution in [3.8, 4) is 0 Å². The van der Waals surface area contributed by atoms with E-state index in [2.05, 4.69) is 10.4 Å². The lowest BCUT2D eigenvalue weighted by Crippen LogP contribution is -2.42. The summed E-state index contributed by atoms with van der Waals surface area (Å²) in [6, 6.07) is 8.84. The zero-order chi connectivity index (χ0) is 17.8. The average Bonchev–Trinajstić information content (AvgIpc) is 2.63. The molecule has 7 heteroatoms. The fraction of sp³-hybridized carbons (Fsp3) is 0.389. The number of nitrogens with zero attached hydrogens (tertiary/aromatic N) is 3. The first-order chi connectivity index (χ1) is 12.1. The van der Waals surface area contributed by atoms with Crippen molar-refractivity contribution in [3.63, 3.8) is 0 Å². The van der Waals surface area contributed by atoms with Crippen LogP contribution in [0.4, 0.5) is 11.4 Å². The van der Waals surface area contributed by atoms with E-state index in [1.165, 1.54) is 4.68 Å². The molecule has 3 rings (SSSR count). The standard InChI is InChI=1S/C18H22N4O3/c1-13(2)22-18(24)16(21-8-10-25-11-9-21)15(12-19-22)20-17(23)14-6-4-3-5-7-14/h3-7,12-13H,8-11H2,1-2H3,(H,20,23). The number of amides is 1. The number of rotatable bonds is 4. The van der Waals surface area contributed by atoms with E-state index >= 15 is 0 Å². The molecule has 1 amide bonds. The van der Waals surface area contributed by atoms with E-state index in [4.69, 9.17) is 4.74 Å². The van der Waals surface area contributed by atoms with Gasteiger partial charge in [-0.1, -0.05) is 18.2 Å². The molecule has 1 fully saturated rings.